The van der Waals surface area contributed by atoms with Gasteiger partial charge in [0, 0.05) is 62.8 Å². The van der Waals surface area contributed by atoms with Gasteiger partial charge in [-0.3, -0.25) is 4.79 Å². The molecular weight excluding hydrogens is 450 g/mol. The van der Waals surface area contributed by atoms with Gasteiger partial charge >= 0.3 is 5.97 Å². The van der Waals surface area contributed by atoms with Gasteiger partial charge in [-0.15, -0.1) is 0 Å². The minimum absolute atomic E-state index is 0.101. The Hall–Kier alpha value is -3.28. The molecule has 0 aromatic heterocycles. The Labute approximate surface area is 215 Å². The number of rotatable bonds is 8. The van der Waals surface area contributed by atoms with E-state index in [0.29, 0.717) is 12.5 Å². The fraction of sp³-hybridized carbons (Fsp3) is 0.467. The molecule has 2 aromatic rings. The van der Waals surface area contributed by atoms with Gasteiger partial charge in [0.2, 0.25) is 5.91 Å². The summed E-state index contributed by atoms with van der Waals surface area (Å²) in [6, 6.07) is 16.6. The van der Waals surface area contributed by atoms with Gasteiger partial charge < -0.3 is 19.4 Å². The molecule has 1 saturated heterocycles. The number of hydrogen-bond donors (Lipinski definition) is 0. The number of anilines is 3. The molecule has 2 fully saturated rings. The van der Waals surface area contributed by atoms with Gasteiger partial charge in [-0.25, -0.2) is 4.79 Å². The molecule has 192 valence electrons. The highest BCUT2D eigenvalue weighted by molar-refractivity contribution is 5.95. The summed E-state index contributed by atoms with van der Waals surface area (Å²) < 4.78 is 4.72. The Morgan fingerprint density at radius 3 is 2.44 bits per heavy atom. The second-order valence-corrected chi connectivity index (χ2v) is 10.2. The molecule has 0 radical (unpaired) electrons. The summed E-state index contributed by atoms with van der Waals surface area (Å²) in [4.78, 5) is 31.9. The Balaban J connectivity index is 1.51. The van der Waals surface area contributed by atoms with Crippen molar-refractivity contribution < 1.29 is 14.3 Å². The van der Waals surface area contributed by atoms with Crippen molar-refractivity contribution in [2.45, 2.75) is 38.5 Å². The molecule has 1 aliphatic carbocycles. The van der Waals surface area contributed by atoms with Crippen LogP contribution >= 0.6 is 0 Å². The molecular formula is C30H39N3O3. The molecule has 36 heavy (non-hydrogen) atoms. The maximum atomic E-state index is 13.8. The maximum absolute atomic E-state index is 13.8. The van der Waals surface area contributed by atoms with E-state index >= 15 is 0 Å². The summed E-state index contributed by atoms with van der Waals surface area (Å²) in [5.41, 5.74) is 4.22. The predicted molar refractivity (Wildman–Crippen MR) is 148 cm³/mol. The van der Waals surface area contributed by atoms with E-state index in [0.717, 1.165) is 56.4 Å². The normalized spacial score (nSPS) is 18.4. The standard InChI is InChI=1S/C30H39N3O3/c1-31(2)26-13-15-27(16-14-26)32-19-18-24(21-32)22-33(30(35)25-9-5-4-6-10-25)28-11-7-8-23(20-28)12-17-29(34)36-3/h7-8,11-17,20,24-25H,4-6,9-10,18-19,21-22H2,1-3H3/b17-12+. The highest BCUT2D eigenvalue weighted by Crippen LogP contribution is 2.31. The molecule has 6 nitrogen and oxygen atoms in total. The molecule has 1 atom stereocenters. The Kier molecular flexibility index (Phi) is 8.68. The molecule has 1 heterocycles. The Morgan fingerprint density at radius 2 is 1.75 bits per heavy atom. The maximum Gasteiger partial charge on any atom is 0.330 e. The van der Waals surface area contributed by atoms with Gasteiger partial charge in [-0.1, -0.05) is 31.4 Å². The number of methoxy groups -OCH3 is 1. The fourth-order valence-corrected chi connectivity index (χ4v) is 5.36. The highest BCUT2D eigenvalue weighted by Gasteiger charge is 2.31. The van der Waals surface area contributed by atoms with Crippen LogP contribution in [0.25, 0.3) is 6.08 Å². The van der Waals surface area contributed by atoms with Crippen molar-refractivity contribution >= 4 is 35.0 Å². The zero-order valence-corrected chi connectivity index (χ0v) is 21.9. The van der Waals surface area contributed by atoms with Crippen molar-refractivity contribution in [2.75, 3.05) is 55.5 Å². The average Bonchev–Trinajstić information content (AvgIpc) is 3.39. The first-order valence-corrected chi connectivity index (χ1v) is 13.1. The number of nitrogens with zero attached hydrogens (tertiary/aromatic N) is 3. The molecule has 1 saturated carbocycles. The van der Waals surface area contributed by atoms with E-state index in [1.807, 2.05) is 29.2 Å². The van der Waals surface area contributed by atoms with Crippen LogP contribution in [0.2, 0.25) is 0 Å². The first-order chi connectivity index (χ1) is 17.4. The number of carbonyl (C=O) groups is 2. The number of carbonyl (C=O) groups excluding carboxylic acids is 2. The van der Waals surface area contributed by atoms with Crippen molar-refractivity contribution in [3.05, 3.63) is 60.2 Å². The van der Waals surface area contributed by atoms with E-state index in [1.165, 1.54) is 31.0 Å². The molecule has 4 rings (SSSR count). The average molecular weight is 490 g/mol. The summed E-state index contributed by atoms with van der Waals surface area (Å²) >= 11 is 0. The molecule has 0 spiro atoms. The summed E-state index contributed by atoms with van der Waals surface area (Å²) in [6.45, 7) is 2.66. The smallest absolute Gasteiger partial charge is 0.330 e. The van der Waals surface area contributed by atoms with Gasteiger partial charge in [0.25, 0.3) is 0 Å². The first kappa shape index (κ1) is 25.8. The zero-order chi connectivity index (χ0) is 25.5. The van der Waals surface area contributed by atoms with Crippen LogP contribution in [0.1, 0.15) is 44.1 Å². The van der Waals surface area contributed by atoms with Gasteiger partial charge in [0.1, 0.15) is 0 Å². The third-order valence-electron chi connectivity index (χ3n) is 7.47. The van der Waals surface area contributed by atoms with E-state index in [2.05, 4.69) is 48.2 Å². The highest BCUT2D eigenvalue weighted by atomic mass is 16.5. The van der Waals surface area contributed by atoms with Crippen LogP contribution in [-0.4, -0.2) is 52.7 Å². The number of benzene rings is 2. The van der Waals surface area contributed by atoms with Gasteiger partial charge in [-0.05, 0) is 73.2 Å². The van der Waals surface area contributed by atoms with Crippen molar-refractivity contribution in [3.8, 4) is 0 Å². The van der Waals surface area contributed by atoms with Gasteiger partial charge in [-0.2, -0.15) is 0 Å². The quantitative estimate of drug-likeness (QED) is 0.368. The number of esters is 1. The molecule has 0 bridgehead atoms. The molecule has 1 aliphatic heterocycles. The number of ether oxygens (including phenoxy) is 1. The lowest BCUT2D eigenvalue weighted by Crippen LogP contribution is -2.41. The van der Waals surface area contributed by atoms with Gasteiger partial charge in [0.05, 0.1) is 7.11 Å². The Bertz CT molecular complexity index is 1060. The summed E-state index contributed by atoms with van der Waals surface area (Å²) in [7, 11) is 5.48. The summed E-state index contributed by atoms with van der Waals surface area (Å²) in [5.74, 6) is 0.363. The van der Waals surface area contributed by atoms with Crippen LogP contribution in [-0.2, 0) is 14.3 Å². The number of amides is 1. The van der Waals surface area contributed by atoms with E-state index in [4.69, 9.17) is 4.74 Å². The molecule has 1 amide bonds. The van der Waals surface area contributed by atoms with E-state index < -0.39 is 0 Å². The number of hydrogen-bond acceptors (Lipinski definition) is 5. The Morgan fingerprint density at radius 1 is 1.00 bits per heavy atom. The topological polar surface area (TPSA) is 53.1 Å². The van der Waals surface area contributed by atoms with Gasteiger partial charge in [0.15, 0.2) is 0 Å². The minimum atomic E-state index is -0.389. The van der Waals surface area contributed by atoms with Crippen molar-refractivity contribution in [2.24, 2.45) is 11.8 Å². The first-order valence-electron chi connectivity index (χ1n) is 13.1. The van der Waals surface area contributed by atoms with Crippen molar-refractivity contribution in [1.82, 2.24) is 0 Å². The summed E-state index contributed by atoms with van der Waals surface area (Å²) in [6.07, 6.45) is 9.67. The summed E-state index contributed by atoms with van der Waals surface area (Å²) in [5, 5.41) is 0. The monoisotopic (exact) mass is 489 g/mol. The lowest BCUT2D eigenvalue weighted by molar-refractivity contribution is -0.134. The lowest BCUT2D eigenvalue weighted by atomic mass is 9.88. The van der Waals surface area contributed by atoms with Crippen molar-refractivity contribution in [3.63, 3.8) is 0 Å². The van der Waals surface area contributed by atoms with Crippen LogP contribution < -0.4 is 14.7 Å². The van der Waals surface area contributed by atoms with Crippen LogP contribution in [0.5, 0.6) is 0 Å². The fourth-order valence-electron chi connectivity index (χ4n) is 5.36. The van der Waals surface area contributed by atoms with E-state index in [1.54, 1.807) is 6.08 Å². The second kappa shape index (κ2) is 12.1. The van der Waals surface area contributed by atoms with Crippen LogP contribution in [0.4, 0.5) is 17.1 Å². The molecule has 6 heteroatoms. The lowest BCUT2D eigenvalue weighted by Gasteiger charge is -2.31. The van der Waals surface area contributed by atoms with Crippen LogP contribution in [0.3, 0.4) is 0 Å². The van der Waals surface area contributed by atoms with E-state index in [-0.39, 0.29) is 17.8 Å². The minimum Gasteiger partial charge on any atom is -0.466 e. The van der Waals surface area contributed by atoms with Crippen molar-refractivity contribution in [1.29, 1.82) is 0 Å². The SMILES string of the molecule is COC(=O)/C=C/c1cccc(N(CC2CCN(c3ccc(N(C)C)cc3)C2)C(=O)C2CCCCC2)c1. The largest absolute Gasteiger partial charge is 0.466 e. The molecule has 2 aromatic carbocycles. The molecule has 0 N–H and O–H groups in total. The van der Waals surface area contributed by atoms with E-state index in [9.17, 15) is 9.59 Å². The molecule has 1 unspecified atom stereocenters. The van der Waals surface area contributed by atoms with Crippen LogP contribution in [0, 0.1) is 11.8 Å². The third-order valence-corrected chi connectivity index (χ3v) is 7.47. The second-order valence-electron chi connectivity index (χ2n) is 10.2. The zero-order valence-electron chi connectivity index (χ0n) is 21.9. The van der Waals surface area contributed by atoms with Crippen LogP contribution in [0.15, 0.2) is 54.6 Å². The predicted octanol–water partition coefficient (Wildman–Crippen LogP) is 5.38. The molecule has 2 aliphatic rings. The third kappa shape index (κ3) is 6.48.